The lowest BCUT2D eigenvalue weighted by atomic mass is 10.1. The second-order valence-electron chi connectivity index (χ2n) is 5.95. The Morgan fingerprint density at radius 3 is 2.96 bits per heavy atom. The predicted molar refractivity (Wildman–Crippen MR) is 92.7 cm³/mol. The van der Waals surface area contributed by atoms with Gasteiger partial charge in [-0.1, -0.05) is 11.6 Å². The lowest BCUT2D eigenvalue weighted by Crippen LogP contribution is -2.44. The van der Waals surface area contributed by atoms with E-state index in [-0.39, 0.29) is 18.0 Å². The lowest BCUT2D eigenvalue weighted by Gasteiger charge is -2.32. The molecule has 1 aliphatic rings. The van der Waals surface area contributed by atoms with Crippen molar-refractivity contribution in [3.63, 3.8) is 0 Å². The molecule has 0 spiro atoms. The number of fused-ring (bicyclic) bond motifs is 1. The number of H-pyrrole nitrogens is 1. The van der Waals surface area contributed by atoms with Crippen LogP contribution < -0.4 is 4.74 Å². The smallest absolute Gasteiger partial charge is 0.316 e. The standard InChI is InChI=1S/C17H16ClN5O2/c18-12-7-19-17(20-8-12)25-13-2-1-5-23(9-13)16(24)11-3-4-14-15(6-11)22-10-21-14/h3-4,6-8,10,13H,1-2,5,9H2,(H,21,22). The van der Waals surface area contributed by atoms with Gasteiger partial charge < -0.3 is 14.6 Å². The Bertz CT molecular complexity index is 895. The largest absolute Gasteiger partial charge is 0.458 e. The summed E-state index contributed by atoms with van der Waals surface area (Å²) in [5.41, 5.74) is 2.33. The van der Waals surface area contributed by atoms with Crippen LogP contribution in [0.15, 0.2) is 36.9 Å². The summed E-state index contributed by atoms with van der Waals surface area (Å²) in [7, 11) is 0. The number of carbonyl (C=O) groups excluding carboxylic acids is 1. The molecule has 3 heterocycles. The highest BCUT2D eigenvalue weighted by atomic mass is 35.5. The van der Waals surface area contributed by atoms with Crippen molar-refractivity contribution < 1.29 is 9.53 Å². The van der Waals surface area contributed by atoms with Crippen molar-refractivity contribution in [2.75, 3.05) is 13.1 Å². The molecule has 1 amide bonds. The molecule has 1 aromatic carbocycles. The van der Waals surface area contributed by atoms with Crippen LogP contribution in [0.1, 0.15) is 23.2 Å². The zero-order valence-corrected chi connectivity index (χ0v) is 14.1. The lowest BCUT2D eigenvalue weighted by molar-refractivity contribution is 0.0516. The fourth-order valence-corrected chi connectivity index (χ4v) is 3.08. The number of aromatic amines is 1. The summed E-state index contributed by atoms with van der Waals surface area (Å²) in [5, 5.41) is 0.460. The third-order valence-corrected chi connectivity index (χ3v) is 4.40. The number of benzene rings is 1. The van der Waals surface area contributed by atoms with Crippen LogP contribution >= 0.6 is 11.6 Å². The van der Waals surface area contributed by atoms with Gasteiger partial charge in [-0.05, 0) is 31.0 Å². The minimum atomic E-state index is -0.130. The molecule has 0 radical (unpaired) electrons. The maximum Gasteiger partial charge on any atom is 0.316 e. The normalized spacial score (nSPS) is 17.6. The monoisotopic (exact) mass is 357 g/mol. The Kier molecular flexibility index (Phi) is 4.23. The van der Waals surface area contributed by atoms with E-state index in [4.69, 9.17) is 16.3 Å². The van der Waals surface area contributed by atoms with E-state index in [0.717, 1.165) is 23.9 Å². The van der Waals surface area contributed by atoms with Gasteiger partial charge in [-0.2, -0.15) is 0 Å². The molecule has 1 N–H and O–H groups in total. The number of nitrogens with zero attached hydrogens (tertiary/aromatic N) is 4. The van der Waals surface area contributed by atoms with Crippen LogP contribution in [0, 0.1) is 0 Å². The SMILES string of the molecule is O=C(c1ccc2nc[nH]c2c1)N1CCCC(Oc2ncc(Cl)cn2)C1. The summed E-state index contributed by atoms with van der Waals surface area (Å²) in [6.45, 7) is 1.22. The molecule has 1 fully saturated rings. The zero-order valence-electron chi connectivity index (χ0n) is 13.4. The van der Waals surface area contributed by atoms with Crippen molar-refractivity contribution in [3.8, 4) is 6.01 Å². The zero-order chi connectivity index (χ0) is 17.2. The third kappa shape index (κ3) is 3.41. The van der Waals surface area contributed by atoms with E-state index >= 15 is 0 Å². The molecule has 0 bridgehead atoms. The van der Waals surface area contributed by atoms with Crippen LogP contribution in [0.25, 0.3) is 11.0 Å². The van der Waals surface area contributed by atoms with Crippen molar-refractivity contribution in [3.05, 3.63) is 47.5 Å². The Balaban J connectivity index is 1.46. The summed E-state index contributed by atoms with van der Waals surface area (Å²) in [6, 6.07) is 5.76. The van der Waals surface area contributed by atoms with Gasteiger partial charge >= 0.3 is 6.01 Å². The first-order valence-electron chi connectivity index (χ1n) is 8.05. The van der Waals surface area contributed by atoms with E-state index < -0.39 is 0 Å². The summed E-state index contributed by atoms with van der Waals surface area (Å²) >= 11 is 5.78. The fourth-order valence-electron chi connectivity index (χ4n) is 2.98. The maximum absolute atomic E-state index is 12.8. The van der Waals surface area contributed by atoms with Crippen LogP contribution in [0.5, 0.6) is 6.01 Å². The number of carbonyl (C=O) groups is 1. The average Bonchev–Trinajstić information content (AvgIpc) is 3.11. The minimum Gasteiger partial charge on any atom is -0.458 e. The van der Waals surface area contributed by atoms with E-state index in [9.17, 15) is 4.79 Å². The summed E-state index contributed by atoms with van der Waals surface area (Å²) < 4.78 is 5.79. The number of likely N-dealkylation sites (tertiary alicyclic amines) is 1. The second kappa shape index (κ2) is 6.68. The number of halogens is 1. The van der Waals surface area contributed by atoms with Crippen molar-refractivity contribution in [1.29, 1.82) is 0 Å². The summed E-state index contributed by atoms with van der Waals surface area (Å²) in [4.78, 5) is 29.9. The molecule has 4 rings (SSSR count). The first kappa shape index (κ1) is 15.8. The highest BCUT2D eigenvalue weighted by Crippen LogP contribution is 2.19. The summed E-state index contributed by atoms with van der Waals surface area (Å²) in [6.07, 6.45) is 6.21. The predicted octanol–water partition coefficient (Wildman–Crippen LogP) is 2.69. The number of imidazole rings is 1. The maximum atomic E-state index is 12.8. The molecule has 0 saturated carbocycles. The van der Waals surface area contributed by atoms with Crippen LogP contribution in [0.3, 0.4) is 0 Å². The molecule has 3 aromatic rings. The Labute approximate surface area is 149 Å². The van der Waals surface area contributed by atoms with Gasteiger partial charge in [-0.15, -0.1) is 0 Å². The van der Waals surface area contributed by atoms with E-state index in [0.29, 0.717) is 23.7 Å². The number of nitrogens with one attached hydrogen (secondary N) is 1. The molecular weight excluding hydrogens is 342 g/mol. The van der Waals surface area contributed by atoms with Gasteiger partial charge in [0, 0.05) is 12.1 Å². The van der Waals surface area contributed by atoms with Crippen molar-refractivity contribution in [2.24, 2.45) is 0 Å². The molecule has 2 aromatic heterocycles. The number of rotatable bonds is 3. The van der Waals surface area contributed by atoms with Crippen molar-refractivity contribution in [2.45, 2.75) is 18.9 Å². The number of piperidine rings is 1. The molecule has 7 nitrogen and oxygen atoms in total. The molecular formula is C17H16ClN5O2. The molecule has 1 saturated heterocycles. The van der Waals surface area contributed by atoms with Gasteiger partial charge in [0.25, 0.3) is 5.91 Å². The van der Waals surface area contributed by atoms with Crippen LogP contribution in [0.2, 0.25) is 5.02 Å². The van der Waals surface area contributed by atoms with Crippen LogP contribution in [-0.4, -0.2) is 49.9 Å². The Morgan fingerprint density at radius 2 is 2.12 bits per heavy atom. The Morgan fingerprint density at radius 1 is 1.28 bits per heavy atom. The van der Waals surface area contributed by atoms with E-state index in [2.05, 4.69) is 19.9 Å². The summed E-state index contributed by atoms with van der Waals surface area (Å²) in [5.74, 6) is -0.0122. The first-order chi connectivity index (χ1) is 12.2. The molecule has 128 valence electrons. The van der Waals surface area contributed by atoms with Crippen molar-refractivity contribution >= 4 is 28.5 Å². The third-order valence-electron chi connectivity index (χ3n) is 4.20. The molecule has 0 aliphatic carbocycles. The van der Waals surface area contributed by atoms with Gasteiger partial charge in [-0.25, -0.2) is 15.0 Å². The van der Waals surface area contributed by atoms with Gasteiger partial charge in [0.15, 0.2) is 0 Å². The quantitative estimate of drug-likeness (QED) is 0.779. The second-order valence-corrected chi connectivity index (χ2v) is 6.39. The topological polar surface area (TPSA) is 84.0 Å². The number of aromatic nitrogens is 4. The number of hydrogen-bond acceptors (Lipinski definition) is 5. The molecule has 1 aliphatic heterocycles. The average molecular weight is 358 g/mol. The van der Waals surface area contributed by atoms with Gasteiger partial charge in [-0.3, -0.25) is 4.79 Å². The van der Waals surface area contributed by atoms with Gasteiger partial charge in [0.1, 0.15) is 6.10 Å². The molecule has 8 heteroatoms. The number of hydrogen-bond donors (Lipinski definition) is 1. The fraction of sp³-hybridized carbons (Fsp3) is 0.294. The number of amides is 1. The highest BCUT2D eigenvalue weighted by Gasteiger charge is 2.26. The van der Waals surface area contributed by atoms with Crippen LogP contribution in [0.4, 0.5) is 0 Å². The van der Waals surface area contributed by atoms with Gasteiger partial charge in [0.2, 0.25) is 0 Å². The molecule has 25 heavy (non-hydrogen) atoms. The highest BCUT2D eigenvalue weighted by molar-refractivity contribution is 6.30. The Hall–Kier alpha value is -2.67. The van der Waals surface area contributed by atoms with E-state index in [1.165, 1.54) is 12.4 Å². The van der Waals surface area contributed by atoms with Crippen LogP contribution in [-0.2, 0) is 0 Å². The van der Waals surface area contributed by atoms with E-state index in [1.54, 1.807) is 12.4 Å². The van der Waals surface area contributed by atoms with Gasteiger partial charge in [0.05, 0.1) is 41.3 Å². The van der Waals surface area contributed by atoms with E-state index in [1.807, 2.05) is 17.0 Å². The minimum absolute atomic E-state index is 0.0122. The van der Waals surface area contributed by atoms with Crippen molar-refractivity contribution in [1.82, 2.24) is 24.8 Å². The first-order valence-corrected chi connectivity index (χ1v) is 8.43. The molecule has 1 atom stereocenters. The number of ether oxygens (including phenoxy) is 1. The molecule has 1 unspecified atom stereocenters.